The van der Waals surface area contributed by atoms with Gasteiger partial charge in [0.15, 0.2) is 0 Å². The number of halogens is 1. The third-order valence-electron chi connectivity index (χ3n) is 1.41. The summed E-state index contributed by atoms with van der Waals surface area (Å²) in [6.45, 7) is 1.31. The van der Waals surface area contributed by atoms with Crippen LogP contribution in [0.15, 0.2) is 12.3 Å². The first-order valence-electron chi connectivity index (χ1n) is 3.33. The van der Waals surface area contributed by atoms with Crippen LogP contribution in [0.3, 0.4) is 0 Å². The summed E-state index contributed by atoms with van der Waals surface area (Å²) in [7, 11) is 1.51. The van der Waals surface area contributed by atoms with Crippen LogP contribution in [0.1, 0.15) is 11.3 Å². The van der Waals surface area contributed by atoms with E-state index in [1.165, 1.54) is 7.11 Å². The van der Waals surface area contributed by atoms with Crippen LogP contribution in [0, 0.1) is 6.92 Å². The van der Waals surface area contributed by atoms with E-state index in [-0.39, 0.29) is 0 Å². The van der Waals surface area contributed by atoms with Crippen LogP contribution in [0.2, 0.25) is 0 Å². The third kappa shape index (κ3) is 1.67. The Morgan fingerprint density at radius 3 is 2.91 bits per heavy atom. The maximum absolute atomic E-state index is 12.2. The summed E-state index contributed by atoms with van der Waals surface area (Å²) >= 11 is 0. The average Bonchev–Trinajstić information content (AvgIpc) is 2.04. The van der Waals surface area contributed by atoms with E-state index in [9.17, 15) is 4.39 Å². The van der Waals surface area contributed by atoms with Gasteiger partial charge < -0.3 is 4.74 Å². The van der Waals surface area contributed by atoms with Gasteiger partial charge in [0.2, 0.25) is 0 Å². The van der Waals surface area contributed by atoms with Crippen LogP contribution < -0.4 is 4.74 Å². The van der Waals surface area contributed by atoms with Crippen molar-refractivity contribution in [2.75, 3.05) is 7.11 Å². The van der Waals surface area contributed by atoms with Gasteiger partial charge >= 0.3 is 0 Å². The largest absolute Gasteiger partial charge is 0.495 e. The Morgan fingerprint density at radius 2 is 2.36 bits per heavy atom. The summed E-state index contributed by atoms with van der Waals surface area (Å²) in [4.78, 5) is 3.87. The van der Waals surface area contributed by atoms with Crippen molar-refractivity contribution in [3.8, 4) is 5.75 Å². The molecular formula is C8H10FNO. The number of aromatic nitrogens is 1. The van der Waals surface area contributed by atoms with Gasteiger partial charge in [-0.05, 0) is 18.6 Å². The Hall–Kier alpha value is -1.12. The van der Waals surface area contributed by atoms with Crippen LogP contribution in [0.4, 0.5) is 4.39 Å². The van der Waals surface area contributed by atoms with Crippen molar-refractivity contribution in [3.05, 3.63) is 23.5 Å². The summed E-state index contributed by atoms with van der Waals surface area (Å²) in [6.07, 6.45) is 1.62. The molecule has 0 atom stereocenters. The van der Waals surface area contributed by atoms with E-state index in [0.717, 1.165) is 5.56 Å². The molecule has 0 spiro atoms. The summed E-state index contributed by atoms with van der Waals surface area (Å²) in [5.41, 5.74) is 1.33. The molecule has 0 aliphatic heterocycles. The molecule has 0 aliphatic rings. The minimum atomic E-state index is -0.580. The lowest BCUT2D eigenvalue weighted by Gasteiger charge is -2.03. The molecule has 60 valence electrons. The van der Waals surface area contributed by atoms with Gasteiger partial charge in [-0.1, -0.05) is 0 Å². The zero-order valence-corrected chi connectivity index (χ0v) is 6.60. The van der Waals surface area contributed by atoms with Gasteiger partial charge in [-0.2, -0.15) is 0 Å². The maximum atomic E-state index is 12.2. The predicted octanol–water partition coefficient (Wildman–Crippen LogP) is 1.87. The van der Waals surface area contributed by atoms with Crippen LogP contribution in [-0.2, 0) is 6.67 Å². The highest BCUT2D eigenvalue weighted by Gasteiger charge is 2.02. The molecule has 0 N–H and O–H groups in total. The second-order valence-electron chi connectivity index (χ2n) is 2.30. The predicted molar refractivity (Wildman–Crippen MR) is 40.3 cm³/mol. The van der Waals surface area contributed by atoms with Crippen molar-refractivity contribution in [1.29, 1.82) is 0 Å². The summed E-state index contributed by atoms with van der Waals surface area (Å²) in [6, 6.07) is 1.77. The molecule has 0 bridgehead atoms. The number of alkyl halides is 1. The monoisotopic (exact) mass is 155 g/mol. The molecule has 11 heavy (non-hydrogen) atoms. The van der Waals surface area contributed by atoms with E-state index < -0.39 is 6.67 Å². The maximum Gasteiger partial charge on any atom is 0.143 e. The Morgan fingerprint density at radius 1 is 1.64 bits per heavy atom. The molecule has 3 heteroatoms. The number of methoxy groups -OCH3 is 1. The van der Waals surface area contributed by atoms with Crippen LogP contribution >= 0.6 is 0 Å². The molecule has 0 unspecified atom stereocenters. The van der Waals surface area contributed by atoms with E-state index in [1.54, 1.807) is 12.3 Å². The fourth-order valence-electron chi connectivity index (χ4n) is 0.848. The highest BCUT2D eigenvalue weighted by Crippen LogP contribution is 2.17. The van der Waals surface area contributed by atoms with E-state index >= 15 is 0 Å². The number of ether oxygens (including phenoxy) is 1. The first kappa shape index (κ1) is 7.98. The van der Waals surface area contributed by atoms with Gasteiger partial charge in [0.1, 0.15) is 18.1 Å². The average molecular weight is 155 g/mol. The van der Waals surface area contributed by atoms with Crippen molar-refractivity contribution in [2.24, 2.45) is 0 Å². The van der Waals surface area contributed by atoms with Crippen LogP contribution in [0.25, 0.3) is 0 Å². The summed E-state index contributed by atoms with van der Waals surface area (Å²) in [5, 5.41) is 0. The van der Waals surface area contributed by atoms with Crippen molar-refractivity contribution in [3.63, 3.8) is 0 Å². The summed E-state index contributed by atoms with van der Waals surface area (Å²) < 4.78 is 17.1. The molecule has 1 aromatic heterocycles. The molecule has 0 aromatic carbocycles. The number of nitrogens with zero attached hydrogens (tertiary/aromatic N) is 1. The fourth-order valence-corrected chi connectivity index (χ4v) is 0.848. The van der Waals surface area contributed by atoms with Gasteiger partial charge in [-0.15, -0.1) is 0 Å². The van der Waals surface area contributed by atoms with Gasteiger partial charge in [0.05, 0.1) is 7.11 Å². The minimum absolute atomic E-state index is 0.359. The van der Waals surface area contributed by atoms with E-state index in [0.29, 0.717) is 11.4 Å². The Bertz CT molecular complexity index is 250. The quantitative estimate of drug-likeness (QED) is 0.650. The van der Waals surface area contributed by atoms with Crippen LogP contribution in [-0.4, -0.2) is 12.1 Å². The van der Waals surface area contributed by atoms with E-state index in [1.807, 2.05) is 6.92 Å². The molecule has 1 rings (SSSR count). The molecule has 0 saturated heterocycles. The normalized spacial score (nSPS) is 9.73. The van der Waals surface area contributed by atoms with E-state index in [4.69, 9.17) is 4.74 Å². The zero-order valence-electron chi connectivity index (χ0n) is 6.60. The molecule has 1 aromatic rings. The highest BCUT2D eigenvalue weighted by atomic mass is 19.1. The number of aryl methyl sites for hydroxylation is 1. The SMILES string of the molecule is COc1cc(C)cnc1CF. The molecule has 0 aliphatic carbocycles. The lowest BCUT2D eigenvalue weighted by molar-refractivity contribution is 0.388. The zero-order chi connectivity index (χ0) is 8.27. The van der Waals surface area contributed by atoms with Gasteiger partial charge in [-0.25, -0.2) is 4.39 Å². The Balaban J connectivity index is 3.06. The third-order valence-corrected chi connectivity index (χ3v) is 1.41. The first-order chi connectivity index (χ1) is 5.27. The molecule has 0 fully saturated rings. The number of hydrogen-bond acceptors (Lipinski definition) is 2. The molecule has 0 amide bonds. The standard InChI is InChI=1S/C8H10FNO/c1-6-3-8(11-2)7(4-9)10-5-6/h3,5H,4H2,1-2H3. The fraction of sp³-hybridized carbons (Fsp3) is 0.375. The van der Waals surface area contributed by atoms with Crippen molar-refractivity contribution in [1.82, 2.24) is 4.98 Å². The molecule has 0 radical (unpaired) electrons. The molecule has 1 heterocycles. The van der Waals surface area contributed by atoms with Crippen molar-refractivity contribution >= 4 is 0 Å². The topological polar surface area (TPSA) is 22.1 Å². The van der Waals surface area contributed by atoms with E-state index in [2.05, 4.69) is 4.98 Å². The number of rotatable bonds is 2. The smallest absolute Gasteiger partial charge is 0.143 e. The Kier molecular flexibility index (Phi) is 2.41. The summed E-state index contributed by atoms with van der Waals surface area (Å²) in [5.74, 6) is 0.521. The second kappa shape index (κ2) is 3.32. The molecular weight excluding hydrogens is 145 g/mol. The first-order valence-corrected chi connectivity index (χ1v) is 3.33. The van der Waals surface area contributed by atoms with Gasteiger partial charge in [-0.3, -0.25) is 4.98 Å². The van der Waals surface area contributed by atoms with Crippen LogP contribution in [0.5, 0.6) is 5.75 Å². The second-order valence-corrected chi connectivity index (χ2v) is 2.30. The molecule has 2 nitrogen and oxygen atoms in total. The highest BCUT2D eigenvalue weighted by molar-refractivity contribution is 5.30. The molecule has 0 saturated carbocycles. The lowest BCUT2D eigenvalue weighted by Crippen LogP contribution is -1.93. The van der Waals surface area contributed by atoms with Gasteiger partial charge in [0, 0.05) is 6.20 Å². The lowest BCUT2D eigenvalue weighted by atomic mass is 10.2. The minimum Gasteiger partial charge on any atom is -0.495 e. The Labute approximate surface area is 65.0 Å². The van der Waals surface area contributed by atoms with Gasteiger partial charge in [0.25, 0.3) is 0 Å². The number of pyridine rings is 1. The van der Waals surface area contributed by atoms with Crippen molar-refractivity contribution in [2.45, 2.75) is 13.6 Å². The number of hydrogen-bond donors (Lipinski definition) is 0. The van der Waals surface area contributed by atoms with Crippen molar-refractivity contribution < 1.29 is 9.13 Å².